The number of hydrogen-bond donors (Lipinski definition) is 1. The third-order valence-corrected chi connectivity index (χ3v) is 4.11. The maximum atomic E-state index is 12.4. The second kappa shape index (κ2) is 5.24. The molecule has 0 amide bonds. The number of aryl methyl sites for hydroxylation is 1. The van der Waals surface area contributed by atoms with E-state index >= 15 is 0 Å². The van der Waals surface area contributed by atoms with Gasteiger partial charge in [-0.15, -0.1) is 0 Å². The van der Waals surface area contributed by atoms with Gasteiger partial charge in [-0.25, -0.2) is 4.79 Å². The predicted octanol–water partition coefficient (Wildman–Crippen LogP) is 3.12. The minimum Gasteiger partial charge on any atom is -0.467 e. The highest BCUT2D eigenvalue weighted by Crippen LogP contribution is 2.34. The van der Waals surface area contributed by atoms with Crippen molar-refractivity contribution in [1.29, 1.82) is 0 Å². The van der Waals surface area contributed by atoms with Crippen LogP contribution in [0.3, 0.4) is 0 Å². The van der Waals surface area contributed by atoms with Gasteiger partial charge in [0.25, 0.3) is 0 Å². The summed E-state index contributed by atoms with van der Waals surface area (Å²) >= 11 is 0. The molecule has 3 rings (SSSR count). The third-order valence-electron chi connectivity index (χ3n) is 4.11. The molecule has 0 fully saturated rings. The molecule has 2 aromatic carbocycles. The van der Waals surface area contributed by atoms with Gasteiger partial charge in [0.05, 0.1) is 7.11 Å². The normalized spacial score (nSPS) is 15.3. The standard InChI is InChI=1S/C18H19NO2/c1-13-7-9-16(10-8-13)19-18(17(20)21-2)11-14-5-3-4-6-15(14)12-18/h3-10,19H,11-12H2,1-2H3. The highest BCUT2D eigenvalue weighted by atomic mass is 16.5. The summed E-state index contributed by atoms with van der Waals surface area (Å²) in [5.41, 5.74) is 3.86. The molecule has 0 radical (unpaired) electrons. The van der Waals surface area contributed by atoms with Gasteiger partial charge in [-0.2, -0.15) is 0 Å². The van der Waals surface area contributed by atoms with Crippen molar-refractivity contribution in [2.24, 2.45) is 0 Å². The van der Waals surface area contributed by atoms with Crippen molar-refractivity contribution in [3.8, 4) is 0 Å². The maximum Gasteiger partial charge on any atom is 0.332 e. The Labute approximate surface area is 124 Å². The van der Waals surface area contributed by atoms with E-state index in [1.165, 1.54) is 23.8 Å². The summed E-state index contributed by atoms with van der Waals surface area (Å²) in [5.74, 6) is -0.209. The van der Waals surface area contributed by atoms with Crippen molar-refractivity contribution in [2.75, 3.05) is 12.4 Å². The molecule has 2 aromatic rings. The molecule has 0 aliphatic heterocycles. The minimum absolute atomic E-state index is 0.209. The summed E-state index contributed by atoms with van der Waals surface area (Å²) in [6.45, 7) is 2.05. The number of carbonyl (C=O) groups is 1. The fraction of sp³-hybridized carbons (Fsp3) is 0.278. The first-order valence-corrected chi connectivity index (χ1v) is 7.13. The zero-order chi connectivity index (χ0) is 14.9. The zero-order valence-electron chi connectivity index (χ0n) is 12.3. The van der Waals surface area contributed by atoms with Gasteiger partial charge >= 0.3 is 5.97 Å². The van der Waals surface area contributed by atoms with Gasteiger partial charge in [0, 0.05) is 18.5 Å². The van der Waals surface area contributed by atoms with Crippen LogP contribution in [-0.4, -0.2) is 18.6 Å². The van der Waals surface area contributed by atoms with E-state index < -0.39 is 5.54 Å². The summed E-state index contributed by atoms with van der Waals surface area (Å²) in [6.07, 6.45) is 1.31. The van der Waals surface area contributed by atoms with E-state index in [1.54, 1.807) is 0 Å². The summed E-state index contributed by atoms with van der Waals surface area (Å²) in [4.78, 5) is 12.4. The number of carbonyl (C=O) groups excluding carboxylic acids is 1. The molecular formula is C18H19NO2. The number of methoxy groups -OCH3 is 1. The second-order valence-electron chi connectivity index (χ2n) is 5.69. The molecule has 0 bridgehead atoms. The molecule has 1 N–H and O–H groups in total. The highest BCUT2D eigenvalue weighted by molar-refractivity contribution is 5.86. The van der Waals surface area contributed by atoms with Gasteiger partial charge in [0.15, 0.2) is 0 Å². The van der Waals surface area contributed by atoms with Crippen LogP contribution in [-0.2, 0) is 22.4 Å². The second-order valence-corrected chi connectivity index (χ2v) is 5.69. The minimum atomic E-state index is -0.701. The molecule has 0 spiro atoms. The Hall–Kier alpha value is -2.29. The molecular weight excluding hydrogens is 262 g/mol. The zero-order valence-corrected chi connectivity index (χ0v) is 12.3. The van der Waals surface area contributed by atoms with Gasteiger partial charge in [-0.05, 0) is 30.2 Å². The largest absolute Gasteiger partial charge is 0.467 e. The lowest BCUT2D eigenvalue weighted by atomic mass is 9.95. The number of hydrogen-bond acceptors (Lipinski definition) is 3. The van der Waals surface area contributed by atoms with E-state index in [0.717, 1.165) is 5.69 Å². The molecule has 0 heterocycles. The van der Waals surface area contributed by atoms with Crippen molar-refractivity contribution in [3.63, 3.8) is 0 Å². The molecule has 108 valence electrons. The van der Waals surface area contributed by atoms with Gasteiger partial charge in [0.1, 0.15) is 5.54 Å². The van der Waals surface area contributed by atoms with Crippen LogP contribution in [0.4, 0.5) is 5.69 Å². The van der Waals surface area contributed by atoms with Crippen LogP contribution in [0.1, 0.15) is 16.7 Å². The Balaban J connectivity index is 1.93. The summed E-state index contributed by atoms with van der Waals surface area (Å²) in [6, 6.07) is 16.3. The quantitative estimate of drug-likeness (QED) is 0.879. The first-order valence-electron chi connectivity index (χ1n) is 7.13. The smallest absolute Gasteiger partial charge is 0.332 e. The molecule has 0 saturated heterocycles. The number of benzene rings is 2. The Bertz CT molecular complexity index is 636. The monoisotopic (exact) mass is 281 g/mol. The first kappa shape index (κ1) is 13.7. The average molecular weight is 281 g/mol. The predicted molar refractivity (Wildman–Crippen MR) is 83.4 cm³/mol. The fourth-order valence-corrected chi connectivity index (χ4v) is 3.01. The molecule has 1 aliphatic carbocycles. The molecule has 0 atom stereocenters. The van der Waals surface area contributed by atoms with Crippen molar-refractivity contribution in [1.82, 2.24) is 0 Å². The molecule has 21 heavy (non-hydrogen) atoms. The topological polar surface area (TPSA) is 38.3 Å². The lowest BCUT2D eigenvalue weighted by Gasteiger charge is -2.28. The Morgan fingerprint density at radius 2 is 1.62 bits per heavy atom. The van der Waals surface area contributed by atoms with Crippen LogP contribution >= 0.6 is 0 Å². The number of rotatable bonds is 3. The first-order chi connectivity index (χ1) is 10.1. The molecule has 3 nitrogen and oxygen atoms in total. The number of fused-ring (bicyclic) bond motifs is 1. The van der Waals surface area contributed by atoms with E-state index in [4.69, 9.17) is 4.74 Å². The summed E-state index contributed by atoms with van der Waals surface area (Å²) < 4.78 is 5.06. The number of anilines is 1. The van der Waals surface area contributed by atoms with E-state index in [-0.39, 0.29) is 5.97 Å². The average Bonchev–Trinajstić information content (AvgIpc) is 2.88. The van der Waals surface area contributed by atoms with E-state index in [0.29, 0.717) is 12.8 Å². The van der Waals surface area contributed by atoms with E-state index in [1.807, 2.05) is 43.3 Å². The molecule has 1 aliphatic rings. The van der Waals surface area contributed by atoms with Crippen molar-refractivity contribution >= 4 is 11.7 Å². The van der Waals surface area contributed by atoms with Crippen LogP contribution in [0.25, 0.3) is 0 Å². The van der Waals surface area contributed by atoms with Crippen molar-refractivity contribution in [3.05, 3.63) is 65.2 Å². The maximum absolute atomic E-state index is 12.4. The number of nitrogens with one attached hydrogen (secondary N) is 1. The fourth-order valence-electron chi connectivity index (χ4n) is 3.01. The summed E-state index contributed by atoms with van der Waals surface area (Å²) in [7, 11) is 1.45. The lowest BCUT2D eigenvalue weighted by molar-refractivity contribution is -0.145. The Kier molecular flexibility index (Phi) is 3.42. The number of ether oxygens (including phenoxy) is 1. The third kappa shape index (κ3) is 2.51. The van der Waals surface area contributed by atoms with Crippen LogP contribution in [0.5, 0.6) is 0 Å². The Morgan fingerprint density at radius 3 is 2.14 bits per heavy atom. The lowest BCUT2D eigenvalue weighted by Crippen LogP contribution is -2.48. The highest BCUT2D eigenvalue weighted by Gasteiger charge is 2.44. The molecule has 3 heteroatoms. The van der Waals surface area contributed by atoms with Crippen LogP contribution in [0.15, 0.2) is 48.5 Å². The van der Waals surface area contributed by atoms with Crippen LogP contribution in [0.2, 0.25) is 0 Å². The van der Waals surface area contributed by atoms with Gasteiger partial charge in [-0.3, -0.25) is 0 Å². The number of esters is 1. The van der Waals surface area contributed by atoms with Crippen molar-refractivity contribution < 1.29 is 9.53 Å². The van der Waals surface area contributed by atoms with Gasteiger partial charge < -0.3 is 10.1 Å². The van der Waals surface area contributed by atoms with E-state index in [2.05, 4.69) is 17.4 Å². The van der Waals surface area contributed by atoms with Gasteiger partial charge in [0.2, 0.25) is 0 Å². The van der Waals surface area contributed by atoms with Crippen LogP contribution in [0, 0.1) is 6.92 Å². The summed E-state index contributed by atoms with van der Waals surface area (Å²) in [5, 5.41) is 3.40. The molecule has 0 saturated carbocycles. The molecule has 0 aromatic heterocycles. The Morgan fingerprint density at radius 1 is 1.05 bits per heavy atom. The SMILES string of the molecule is COC(=O)C1(Nc2ccc(C)cc2)Cc2ccccc2C1. The van der Waals surface area contributed by atoms with Gasteiger partial charge in [-0.1, -0.05) is 42.0 Å². The molecule has 0 unspecified atom stereocenters. The van der Waals surface area contributed by atoms with E-state index in [9.17, 15) is 4.79 Å². The van der Waals surface area contributed by atoms with Crippen molar-refractivity contribution in [2.45, 2.75) is 25.3 Å². The van der Waals surface area contributed by atoms with Crippen LogP contribution < -0.4 is 5.32 Å².